The smallest absolute Gasteiger partial charge is 0.112 e. The number of nitrogens with one attached hydrogen (secondary N) is 1. The van der Waals surface area contributed by atoms with E-state index >= 15 is 0 Å². The zero-order valence-corrected chi connectivity index (χ0v) is 13.7. The lowest BCUT2D eigenvalue weighted by molar-refractivity contribution is 0.255. The Bertz CT molecular complexity index is 432. The van der Waals surface area contributed by atoms with Crippen LogP contribution in [0.5, 0.6) is 0 Å². The molecule has 0 saturated heterocycles. The number of nitrogens with zero attached hydrogens (tertiary/aromatic N) is 3. The van der Waals surface area contributed by atoms with Crippen LogP contribution in [0.15, 0.2) is 0 Å². The SMILES string of the molecule is CCN(CC)CC(C)n1c(C(C)C)nc2c1CCNC2. The van der Waals surface area contributed by atoms with Gasteiger partial charge in [0.1, 0.15) is 5.82 Å². The summed E-state index contributed by atoms with van der Waals surface area (Å²) in [5, 5.41) is 3.44. The van der Waals surface area contributed by atoms with Gasteiger partial charge < -0.3 is 14.8 Å². The molecule has 0 saturated carbocycles. The summed E-state index contributed by atoms with van der Waals surface area (Å²) in [4.78, 5) is 7.41. The fraction of sp³-hybridized carbons (Fsp3) is 0.812. The predicted octanol–water partition coefficient (Wildman–Crippen LogP) is 2.56. The van der Waals surface area contributed by atoms with Crippen LogP contribution < -0.4 is 5.32 Å². The van der Waals surface area contributed by atoms with E-state index in [4.69, 9.17) is 4.98 Å². The summed E-state index contributed by atoms with van der Waals surface area (Å²) in [5.74, 6) is 1.75. The van der Waals surface area contributed by atoms with Crippen LogP contribution >= 0.6 is 0 Å². The van der Waals surface area contributed by atoms with E-state index in [1.165, 1.54) is 17.2 Å². The maximum atomic E-state index is 4.91. The quantitative estimate of drug-likeness (QED) is 0.868. The van der Waals surface area contributed by atoms with Crippen LogP contribution in [0.3, 0.4) is 0 Å². The molecule has 2 heterocycles. The minimum atomic E-state index is 0.486. The Morgan fingerprint density at radius 1 is 1.25 bits per heavy atom. The number of likely N-dealkylation sites (N-methyl/N-ethyl adjacent to an activating group) is 1. The Morgan fingerprint density at radius 2 is 1.95 bits per heavy atom. The lowest BCUT2D eigenvalue weighted by Gasteiger charge is -2.27. The summed E-state index contributed by atoms with van der Waals surface area (Å²) >= 11 is 0. The second kappa shape index (κ2) is 6.72. The molecule has 2 rings (SSSR count). The molecule has 20 heavy (non-hydrogen) atoms. The summed E-state index contributed by atoms with van der Waals surface area (Å²) in [6, 6.07) is 0.502. The van der Waals surface area contributed by atoms with E-state index in [2.05, 4.69) is 49.4 Å². The molecule has 1 unspecified atom stereocenters. The van der Waals surface area contributed by atoms with Crippen LogP contribution in [0.25, 0.3) is 0 Å². The topological polar surface area (TPSA) is 33.1 Å². The van der Waals surface area contributed by atoms with Crippen molar-refractivity contribution in [2.45, 2.75) is 59.5 Å². The molecule has 114 valence electrons. The molecule has 0 fully saturated rings. The molecule has 0 radical (unpaired) electrons. The highest BCUT2D eigenvalue weighted by Gasteiger charge is 2.24. The van der Waals surface area contributed by atoms with Crippen molar-refractivity contribution in [3.63, 3.8) is 0 Å². The number of hydrogen-bond donors (Lipinski definition) is 1. The number of imidazole rings is 1. The van der Waals surface area contributed by atoms with Gasteiger partial charge in [0.05, 0.1) is 5.69 Å². The van der Waals surface area contributed by atoms with Crippen LogP contribution in [0, 0.1) is 0 Å². The molecular weight excluding hydrogens is 248 g/mol. The van der Waals surface area contributed by atoms with Gasteiger partial charge in [0.2, 0.25) is 0 Å². The van der Waals surface area contributed by atoms with Gasteiger partial charge in [0, 0.05) is 43.7 Å². The Labute approximate surface area is 123 Å². The fourth-order valence-electron chi connectivity index (χ4n) is 3.19. The average Bonchev–Trinajstić information content (AvgIpc) is 2.84. The van der Waals surface area contributed by atoms with Crippen molar-refractivity contribution in [2.75, 3.05) is 26.2 Å². The van der Waals surface area contributed by atoms with E-state index in [0.717, 1.165) is 39.1 Å². The van der Waals surface area contributed by atoms with Crippen molar-refractivity contribution in [1.29, 1.82) is 0 Å². The van der Waals surface area contributed by atoms with Crippen LogP contribution in [0.1, 0.15) is 63.8 Å². The molecule has 1 aliphatic rings. The fourth-order valence-corrected chi connectivity index (χ4v) is 3.19. The molecule has 1 atom stereocenters. The Morgan fingerprint density at radius 3 is 2.55 bits per heavy atom. The van der Waals surface area contributed by atoms with Gasteiger partial charge in [-0.3, -0.25) is 0 Å². The third kappa shape index (κ3) is 3.07. The molecule has 4 nitrogen and oxygen atoms in total. The summed E-state index contributed by atoms with van der Waals surface area (Å²) in [6.07, 6.45) is 1.11. The van der Waals surface area contributed by atoms with Gasteiger partial charge in [-0.25, -0.2) is 4.98 Å². The van der Waals surface area contributed by atoms with Gasteiger partial charge in [0.25, 0.3) is 0 Å². The van der Waals surface area contributed by atoms with E-state index in [9.17, 15) is 0 Å². The van der Waals surface area contributed by atoms with Gasteiger partial charge in [-0.1, -0.05) is 27.7 Å². The van der Waals surface area contributed by atoms with Crippen molar-refractivity contribution < 1.29 is 0 Å². The third-order valence-electron chi connectivity index (χ3n) is 4.33. The van der Waals surface area contributed by atoms with E-state index in [-0.39, 0.29) is 0 Å². The molecule has 0 amide bonds. The molecule has 0 spiro atoms. The number of aromatic nitrogens is 2. The largest absolute Gasteiger partial charge is 0.327 e. The van der Waals surface area contributed by atoms with E-state index in [0.29, 0.717) is 12.0 Å². The average molecular weight is 278 g/mol. The van der Waals surface area contributed by atoms with Gasteiger partial charge >= 0.3 is 0 Å². The lowest BCUT2D eigenvalue weighted by atomic mass is 10.1. The van der Waals surface area contributed by atoms with Crippen LogP contribution in [0.4, 0.5) is 0 Å². The molecule has 0 aromatic carbocycles. The van der Waals surface area contributed by atoms with E-state index in [1.807, 2.05) is 0 Å². The standard InChI is InChI=1S/C16H30N4/c1-6-19(7-2)11-13(5)20-15-8-9-17-10-14(15)18-16(20)12(3)4/h12-13,17H,6-11H2,1-5H3. The molecule has 1 N–H and O–H groups in total. The van der Waals surface area contributed by atoms with Gasteiger partial charge in [-0.05, 0) is 20.0 Å². The van der Waals surface area contributed by atoms with Crippen molar-refractivity contribution in [3.05, 3.63) is 17.2 Å². The summed E-state index contributed by atoms with van der Waals surface area (Å²) in [7, 11) is 0. The molecule has 0 bridgehead atoms. The van der Waals surface area contributed by atoms with E-state index in [1.54, 1.807) is 0 Å². The second-order valence-electron chi connectivity index (χ2n) is 6.15. The Kier molecular flexibility index (Phi) is 5.22. The number of hydrogen-bond acceptors (Lipinski definition) is 3. The van der Waals surface area contributed by atoms with Crippen molar-refractivity contribution in [3.8, 4) is 0 Å². The molecule has 4 heteroatoms. The minimum Gasteiger partial charge on any atom is -0.327 e. The molecule has 1 aromatic rings. The Hall–Kier alpha value is -0.870. The van der Waals surface area contributed by atoms with Crippen LogP contribution in [-0.4, -0.2) is 40.6 Å². The molecule has 1 aromatic heterocycles. The first-order valence-corrected chi connectivity index (χ1v) is 8.11. The summed E-state index contributed by atoms with van der Waals surface area (Å²) < 4.78 is 2.53. The van der Waals surface area contributed by atoms with Gasteiger partial charge in [-0.15, -0.1) is 0 Å². The van der Waals surface area contributed by atoms with Gasteiger partial charge in [-0.2, -0.15) is 0 Å². The highest BCUT2D eigenvalue weighted by Crippen LogP contribution is 2.26. The third-order valence-corrected chi connectivity index (χ3v) is 4.33. The van der Waals surface area contributed by atoms with E-state index < -0.39 is 0 Å². The molecule has 0 aliphatic carbocycles. The Balaban J connectivity index is 2.30. The molecular formula is C16H30N4. The first-order chi connectivity index (χ1) is 9.58. The number of rotatable bonds is 6. The van der Waals surface area contributed by atoms with Crippen LogP contribution in [-0.2, 0) is 13.0 Å². The maximum Gasteiger partial charge on any atom is 0.112 e. The highest BCUT2D eigenvalue weighted by atomic mass is 15.2. The zero-order chi connectivity index (χ0) is 14.7. The zero-order valence-electron chi connectivity index (χ0n) is 13.7. The lowest BCUT2D eigenvalue weighted by Crippen LogP contribution is -2.32. The predicted molar refractivity (Wildman–Crippen MR) is 84.2 cm³/mol. The first-order valence-electron chi connectivity index (χ1n) is 8.11. The van der Waals surface area contributed by atoms with Crippen molar-refractivity contribution in [1.82, 2.24) is 19.8 Å². The molecule has 1 aliphatic heterocycles. The summed E-state index contributed by atoms with van der Waals surface area (Å²) in [6.45, 7) is 16.7. The monoisotopic (exact) mass is 278 g/mol. The van der Waals surface area contributed by atoms with Crippen molar-refractivity contribution in [2.24, 2.45) is 0 Å². The number of fused-ring (bicyclic) bond motifs is 1. The maximum absolute atomic E-state index is 4.91. The van der Waals surface area contributed by atoms with Crippen molar-refractivity contribution >= 4 is 0 Å². The summed E-state index contributed by atoms with van der Waals surface area (Å²) in [5.41, 5.74) is 2.73. The minimum absolute atomic E-state index is 0.486. The normalized spacial score (nSPS) is 16.8. The first kappa shape index (κ1) is 15.5. The highest BCUT2D eigenvalue weighted by molar-refractivity contribution is 5.22. The second-order valence-corrected chi connectivity index (χ2v) is 6.15. The van der Waals surface area contributed by atoms with Gasteiger partial charge in [0.15, 0.2) is 0 Å². The van der Waals surface area contributed by atoms with Crippen LogP contribution in [0.2, 0.25) is 0 Å².